The zero-order chi connectivity index (χ0) is 19.4. The van der Waals surface area contributed by atoms with E-state index >= 15 is 0 Å². The summed E-state index contributed by atoms with van der Waals surface area (Å²) in [6, 6.07) is 14.4. The van der Waals surface area contributed by atoms with Crippen molar-refractivity contribution in [3.8, 4) is 17.7 Å². The van der Waals surface area contributed by atoms with Crippen molar-refractivity contribution in [2.45, 2.75) is 24.8 Å². The Bertz CT molecular complexity index is 1010. The van der Waals surface area contributed by atoms with E-state index in [1.165, 1.54) is 4.68 Å². The summed E-state index contributed by atoms with van der Waals surface area (Å²) in [4.78, 5) is 17.1. The number of carbonyl (C=O) groups is 1. The summed E-state index contributed by atoms with van der Waals surface area (Å²) in [6.07, 6.45) is 0. The van der Waals surface area contributed by atoms with Gasteiger partial charge in [-0.3, -0.25) is 4.79 Å². The first-order valence-electron chi connectivity index (χ1n) is 8.22. The molecule has 0 saturated heterocycles. The van der Waals surface area contributed by atoms with Crippen molar-refractivity contribution in [3.05, 3.63) is 59.4 Å². The molecular weight excluding hydrogens is 364 g/mol. The molecule has 136 valence electrons. The molecule has 0 unspecified atom stereocenters. The number of para-hydroxylation sites is 1. The Hall–Kier alpha value is -3.18. The molecule has 2 aromatic heterocycles. The number of nitrogens with zero attached hydrogens (tertiary/aromatic N) is 4. The summed E-state index contributed by atoms with van der Waals surface area (Å²) < 4.78 is 5.87. The van der Waals surface area contributed by atoms with Gasteiger partial charge in [-0.1, -0.05) is 43.8 Å². The van der Waals surface area contributed by atoms with Crippen molar-refractivity contribution in [1.29, 1.82) is 5.26 Å². The predicted octanol–water partition coefficient (Wildman–Crippen LogP) is 2.39. The maximum Gasteiger partial charge on any atom is 0.307 e. The van der Waals surface area contributed by atoms with Crippen LogP contribution in [-0.2, 0) is 0 Å². The lowest BCUT2D eigenvalue weighted by Gasteiger charge is -2.08. The monoisotopic (exact) mass is 380 g/mol. The first-order chi connectivity index (χ1) is 13.0. The van der Waals surface area contributed by atoms with Crippen molar-refractivity contribution in [3.63, 3.8) is 0 Å². The predicted molar refractivity (Wildman–Crippen MR) is 95.6 cm³/mol. The Kier molecular flexibility index (Phi) is 5.52. The standard InChI is InChI=1S/C19H16N4O3S/c1-12(2)15-9-8-13(10-20)18(21-15)27-11-16(24)17-19(25)26-22-23(17)14-6-4-3-5-7-14/h3-9,12H,11H2,1-2H3. The maximum absolute atomic E-state index is 12.7. The van der Waals surface area contributed by atoms with Gasteiger partial charge in [-0.15, -0.1) is 0 Å². The van der Waals surface area contributed by atoms with Gasteiger partial charge in [0.2, 0.25) is 11.5 Å². The van der Waals surface area contributed by atoms with Gasteiger partial charge >= 0.3 is 5.69 Å². The van der Waals surface area contributed by atoms with Crippen LogP contribution in [0.1, 0.15) is 41.5 Å². The Labute approximate surface area is 160 Å². The zero-order valence-corrected chi connectivity index (χ0v) is 15.6. The van der Waals surface area contributed by atoms with Crippen molar-refractivity contribution in [2.24, 2.45) is 0 Å². The van der Waals surface area contributed by atoms with Crippen LogP contribution in [0, 0.1) is 11.3 Å². The van der Waals surface area contributed by atoms with Crippen LogP contribution in [0.15, 0.2) is 52.0 Å². The highest BCUT2D eigenvalue weighted by Crippen LogP contribution is 2.24. The molecule has 0 saturated carbocycles. The number of ketones is 1. The molecule has 0 aliphatic heterocycles. The molecule has 2 heterocycles. The normalized spacial score (nSPS) is 10.7. The number of carbonyl (C=O) groups excluding carboxylic acids is 1. The van der Waals surface area contributed by atoms with Crippen molar-refractivity contribution >= 4 is 17.5 Å². The van der Waals surface area contributed by atoms with Crippen LogP contribution in [0.2, 0.25) is 0 Å². The summed E-state index contributed by atoms with van der Waals surface area (Å²) >= 11 is 1.12. The number of Topliss-reactive ketones (excluding diaryl/α,β-unsaturated/α-hetero) is 1. The van der Waals surface area contributed by atoms with Gasteiger partial charge in [-0.2, -0.15) is 5.26 Å². The molecule has 3 aromatic rings. The molecule has 27 heavy (non-hydrogen) atoms. The molecule has 0 spiro atoms. The number of thioether (sulfide) groups is 1. The summed E-state index contributed by atoms with van der Waals surface area (Å²) in [7, 11) is 0. The third-order valence-corrected chi connectivity index (χ3v) is 4.80. The first-order valence-corrected chi connectivity index (χ1v) is 9.21. The van der Waals surface area contributed by atoms with Gasteiger partial charge in [-0.25, -0.2) is 4.98 Å². The zero-order valence-electron chi connectivity index (χ0n) is 14.7. The molecule has 0 amide bonds. The second kappa shape index (κ2) is 8.01. The van der Waals surface area contributed by atoms with E-state index in [0.717, 1.165) is 17.5 Å². The first kappa shape index (κ1) is 18.6. The van der Waals surface area contributed by atoms with Crippen molar-refractivity contribution < 1.29 is 19.1 Å². The van der Waals surface area contributed by atoms with Crippen LogP contribution in [0.3, 0.4) is 0 Å². The number of pyridine rings is 1. The van der Waals surface area contributed by atoms with Crippen LogP contribution < -0.4 is 9.79 Å². The Morgan fingerprint density at radius 1 is 1.30 bits per heavy atom. The number of rotatable bonds is 6. The van der Waals surface area contributed by atoms with Gasteiger partial charge in [0.1, 0.15) is 11.1 Å². The largest absolute Gasteiger partial charge is 0.539 e. The van der Waals surface area contributed by atoms with Crippen molar-refractivity contribution in [2.75, 3.05) is 5.75 Å². The minimum absolute atomic E-state index is 0.0630. The summed E-state index contributed by atoms with van der Waals surface area (Å²) in [5.74, 6) is -1.11. The molecule has 8 heteroatoms. The number of hydrogen-bond acceptors (Lipinski definition) is 7. The maximum atomic E-state index is 12.7. The average molecular weight is 380 g/mol. The SMILES string of the molecule is CC(C)c1ccc(C#N)c(SCC(=O)c2c([O-])on[n+]2-c2ccccc2)n1. The molecule has 0 bridgehead atoms. The van der Waals surface area contributed by atoms with Gasteiger partial charge in [-0.05, 0) is 22.7 Å². The summed E-state index contributed by atoms with van der Waals surface area (Å²) in [5.41, 5.74) is 1.61. The van der Waals surface area contributed by atoms with E-state index in [2.05, 4.69) is 20.8 Å². The second-order valence-corrected chi connectivity index (χ2v) is 6.99. The van der Waals surface area contributed by atoms with E-state index in [4.69, 9.17) is 0 Å². The molecule has 0 fully saturated rings. The molecule has 0 radical (unpaired) electrons. The third kappa shape index (κ3) is 3.99. The fourth-order valence-corrected chi connectivity index (χ4v) is 3.24. The van der Waals surface area contributed by atoms with E-state index < -0.39 is 11.7 Å². The van der Waals surface area contributed by atoms with E-state index in [9.17, 15) is 15.2 Å². The number of benzene rings is 1. The lowest BCUT2D eigenvalue weighted by molar-refractivity contribution is -0.672. The van der Waals surface area contributed by atoms with Gasteiger partial charge < -0.3 is 9.63 Å². The molecule has 3 rings (SSSR count). The van der Waals surface area contributed by atoms with Gasteiger partial charge in [0.15, 0.2) is 5.95 Å². The van der Waals surface area contributed by atoms with Crippen LogP contribution >= 0.6 is 11.8 Å². The lowest BCUT2D eigenvalue weighted by Crippen LogP contribution is -2.39. The Morgan fingerprint density at radius 2 is 2.04 bits per heavy atom. The highest BCUT2D eigenvalue weighted by atomic mass is 32.2. The van der Waals surface area contributed by atoms with Crippen LogP contribution in [0.25, 0.3) is 5.69 Å². The fourth-order valence-electron chi connectivity index (χ4n) is 2.40. The third-order valence-electron chi connectivity index (χ3n) is 3.81. The minimum atomic E-state index is -0.797. The lowest BCUT2D eigenvalue weighted by atomic mass is 10.1. The molecular formula is C19H16N4O3S. The van der Waals surface area contributed by atoms with Gasteiger partial charge in [0.05, 0.1) is 16.6 Å². The van der Waals surface area contributed by atoms with E-state index in [-0.39, 0.29) is 17.4 Å². The highest BCUT2D eigenvalue weighted by molar-refractivity contribution is 8.00. The number of hydrogen-bond donors (Lipinski definition) is 0. The number of nitriles is 1. The highest BCUT2D eigenvalue weighted by Gasteiger charge is 2.27. The molecule has 0 aliphatic rings. The Balaban J connectivity index is 1.85. The van der Waals surface area contributed by atoms with Crippen LogP contribution in [0.5, 0.6) is 5.95 Å². The summed E-state index contributed by atoms with van der Waals surface area (Å²) in [6.45, 7) is 4.00. The Morgan fingerprint density at radius 3 is 2.70 bits per heavy atom. The van der Waals surface area contributed by atoms with E-state index in [0.29, 0.717) is 16.3 Å². The van der Waals surface area contributed by atoms with Crippen LogP contribution in [-0.4, -0.2) is 21.8 Å². The van der Waals surface area contributed by atoms with E-state index in [1.807, 2.05) is 19.9 Å². The topological polar surface area (TPSA) is 107 Å². The molecule has 7 nitrogen and oxygen atoms in total. The van der Waals surface area contributed by atoms with Crippen LogP contribution in [0.4, 0.5) is 0 Å². The second-order valence-electron chi connectivity index (χ2n) is 6.02. The number of aromatic nitrogens is 3. The van der Waals surface area contributed by atoms with Gasteiger partial charge in [0, 0.05) is 17.8 Å². The molecule has 0 atom stereocenters. The van der Waals surface area contributed by atoms with Gasteiger partial charge in [0.25, 0.3) is 0 Å². The molecule has 1 aromatic carbocycles. The summed E-state index contributed by atoms with van der Waals surface area (Å²) in [5, 5.41) is 25.4. The minimum Gasteiger partial charge on any atom is -0.539 e. The van der Waals surface area contributed by atoms with Crippen molar-refractivity contribution in [1.82, 2.24) is 10.3 Å². The smallest absolute Gasteiger partial charge is 0.307 e. The molecule has 0 aliphatic carbocycles. The van der Waals surface area contributed by atoms with E-state index in [1.54, 1.807) is 36.4 Å². The quantitative estimate of drug-likeness (QED) is 0.367. The fraction of sp³-hybridized carbons (Fsp3) is 0.211. The molecule has 0 N–H and O–H groups in total. The average Bonchev–Trinajstić information content (AvgIpc) is 3.08.